The first-order valence-corrected chi connectivity index (χ1v) is 7.13. The van der Waals surface area contributed by atoms with Gasteiger partial charge in [0.05, 0.1) is 18.8 Å². The van der Waals surface area contributed by atoms with E-state index in [1.54, 1.807) is 7.11 Å². The monoisotopic (exact) mass is 259 g/mol. The summed E-state index contributed by atoms with van der Waals surface area (Å²) in [5.74, 6) is 0.818. The van der Waals surface area contributed by atoms with Gasteiger partial charge in [-0.25, -0.2) is 0 Å². The van der Waals surface area contributed by atoms with Gasteiger partial charge < -0.3 is 19.9 Å². The Morgan fingerprint density at radius 1 is 1.11 bits per heavy atom. The highest BCUT2D eigenvalue weighted by Crippen LogP contribution is 2.33. The molecule has 1 fully saturated rings. The number of nitrogens with two attached hydrogens (primary N) is 1. The van der Waals surface area contributed by atoms with Crippen molar-refractivity contribution in [1.29, 1.82) is 0 Å². The molecule has 18 heavy (non-hydrogen) atoms. The van der Waals surface area contributed by atoms with Crippen LogP contribution >= 0.6 is 0 Å². The third-order valence-corrected chi connectivity index (χ3v) is 3.83. The lowest BCUT2D eigenvalue weighted by Gasteiger charge is -2.38. The molecular formula is C14H29NO3. The Bertz CT molecular complexity index is 203. The summed E-state index contributed by atoms with van der Waals surface area (Å²) in [4.78, 5) is 0. The van der Waals surface area contributed by atoms with Crippen molar-refractivity contribution in [1.82, 2.24) is 0 Å². The Kier molecular flexibility index (Phi) is 7.82. The third kappa shape index (κ3) is 5.65. The number of methoxy groups -OCH3 is 1. The van der Waals surface area contributed by atoms with Crippen molar-refractivity contribution < 1.29 is 14.2 Å². The van der Waals surface area contributed by atoms with Gasteiger partial charge in [-0.1, -0.05) is 6.92 Å². The van der Waals surface area contributed by atoms with Crippen LogP contribution in [0.25, 0.3) is 0 Å². The van der Waals surface area contributed by atoms with Crippen LogP contribution in [0.4, 0.5) is 0 Å². The molecule has 108 valence electrons. The van der Waals surface area contributed by atoms with Gasteiger partial charge in [0, 0.05) is 26.9 Å². The lowest BCUT2D eigenvalue weighted by Crippen LogP contribution is -2.44. The molecule has 1 aliphatic carbocycles. The maximum absolute atomic E-state index is 5.99. The molecule has 0 unspecified atom stereocenters. The Hall–Kier alpha value is -0.160. The van der Waals surface area contributed by atoms with Crippen molar-refractivity contribution in [2.24, 2.45) is 11.7 Å². The van der Waals surface area contributed by atoms with Crippen LogP contribution in [0.2, 0.25) is 0 Å². The van der Waals surface area contributed by atoms with Crippen molar-refractivity contribution in [3.63, 3.8) is 0 Å². The van der Waals surface area contributed by atoms with E-state index in [1.807, 2.05) is 0 Å². The molecule has 0 aromatic carbocycles. The summed E-state index contributed by atoms with van der Waals surface area (Å²) in [5, 5.41) is 0. The van der Waals surface area contributed by atoms with Crippen molar-refractivity contribution >= 4 is 0 Å². The van der Waals surface area contributed by atoms with Crippen LogP contribution in [-0.2, 0) is 14.2 Å². The lowest BCUT2D eigenvalue weighted by molar-refractivity contribution is -0.0878. The largest absolute Gasteiger partial charge is 0.385 e. The fourth-order valence-corrected chi connectivity index (χ4v) is 2.42. The molecule has 0 saturated heterocycles. The van der Waals surface area contributed by atoms with Gasteiger partial charge >= 0.3 is 0 Å². The van der Waals surface area contributed by atoms with Crippen LogP contribution in [0.5, 0.6) is 0 Å². The number of ether oxygens (including phenoxy) is 3. The second-order valence-corrected chi connectivity index (χ2v) is 5.38. The summed E-state index contributed by atoms with van der Waals surface area (Å²) in [6.45, 7) is 5.73. The predicted molar refractivity (Wildman–Crippen MR) is 72.7 cm³/mol. The zero-order chi connectivity index (χ0) is 13.3. The Labute approximate surface area is 111 Å². The predicted octanol–water partition coefficient (Wildman–Crippen LogP) is 1.96. The SMILES string of the molecule is COCCCOCCOC1(CN)CCC(C)CC1. The van der Waals surface area contributed by atoms with E-state index in [0.717, 1.165) is 38.4 Å². The highest BCUT2D eigenvalue weighted by Gasteiger charge is 2.33. The Morgan fingerprint density at radius 2 is 1.83 bits per heavy atom. The van der Waals surface area contributed by atoms with Crippen LogP contribution in [0.15, 0.2) is 0 Å². The van der Waals surface area contributed by atoms with Crippen molar-refractivity contribution in [3.05, 3.63) is 0 Å². The van der Waals surface area contributed by atoms with Gasteiger partial charge in [0.15, 0.2) is 0 Å². The van der Waals surface area contributed by atoms with E-state index in [9.17, 15) is 0 Å². The first kappa shape index (κ1) is 15.9. The first-order valence-electron chi connectivity index (χ1n) is 7.13. The minimum atomic E-state index is -0.0810. The molecular weight excluding hydrogens is 230 g/mol. The minimum Gasteiger partial charge on any atom is -0.385 e. The summed E-state index contributed by atoms with van der Waals surface area (Å²) in [6.07, 6.45) is 5.58. The standard InChI is InChI=1S/C14H29NO3/c1-13-4-6-14(12-15,7-5-13)18-11-10-17-9-3-8-16-2/h13H,3-12,15H2,1-2H3. The molecule has 4 nitrogen and oxygen atoms in total. The van der Waals surface area contributed by atoms with Gasteiger partial charge in [-0.3, -0.25) is 0 Å². The zero-order valence-corrected chi connectivity index (χ0v) is 12.0. The molecule has 0 aliphatic heterocycles. The van der Waals surface area contributed by atoms with E-state index in [1.165, 1.54) is 12.8 Å². The molecule has 0 aromatic heterocycles. The topological polar surface area (TPSA) is 53.7 Å². The average molecular weight is 259 g/mol. The molecule has 4 heteroatoms. The highest BCUT2D eigenvalue weighted by molar-refractivity contribution is 4.87. The summed E-state index contributed by atoms with van der Waals surface area (Å²) < 4.78 is 16.4. The van der Waals surface area contributed by atoms with Crippen molar-refractivity contribution in [2.45, 2.75) is 44.6 Å². The van der Waals surface area contributed by atoms with Gasteiger partial charge in [-0.2, -0.15) is 0 Å². The van der Waals surface area contributed by atoms with Crippen molar-refractivity contribution in [2.75, 3.05) is 40.1 Å². The molecule has 0 heterocycles. The van der Waals surface area contributed by atoms with Gasteiger partial charge in [0.2, 0.25) is 0 Å². The van der Waals surface area contributed by atoms with E-state index >= 15 is 0 Å². The maximum Gasteiger partial charge on any atom is 0.0805 e. The van der Waals surface area contributed by atoms with Crippen LogP contribution < -0.4 is 5.73 Å². The highest BCUT2D eigenvalue weighted by atomic mass is 16.5. The number of hydrogen-bond acceptors (Lipinski definition) is 4. The van der Waals surface area contributed by atoms with Gasteiger partial charge in [-0.15, -0.1) is 0 Å². The molecule has 0 bridgehead atoms. The fraction of sp³-hybridized carbons (Fsp3) is 1.00. The van der Waals surface area contributed by atoms with Crippen molar-refractivity contribution in [3.8, 4) is 0 Å². The molecule has 0 amide bonds. The molecule has 1 aliphatic rings. The number of hydrogen-bond donors (Lipinski definition) is 1. The van der Waals surface area contributed by atoms with E-state index in [4.69, 9.17) is 19.9 Å². The van der Waals surface area contributed by atoms with E-state index in [-0.39, 0.29) is 5.60 Å². The molecule has 0 radical (unpaired) electrons. The quantitative estimate of drug-likeness (QED) is 0.643. The van der Waals surface area contributed by atoms with Crippen LogP contribution in [0.1, 0.15) is 39.0 Å². The van der Waals surface area contributed by atoms with Crippen LogP contribution in [0, 0.1) is 5.92 Å². The Balaban J connectivity index is 2.08. The van der Waals surface area contributed by atoms with Gasteiger partial charge in [0.25, 0.3) is 0 Å². The van der Waals surface area contributed by atoms with Gasteiger partial charge in [0.1, 0.15) is 0 Å². The molecule has 1 rings (SSSR count). The summed E-state index contributed by atoms with van der Waals surface area (Å²) in [5.41, 5.74) is 5.80. The molecule has 0 aromatic rings. The first-order chi connectivity index (χ1) is 8.72. The fourth-order valence-electron chi connectivity index (χ4n) is 2.42. The number of rotatable bonds is 9. The Morgan fingerprint density at radius 3 is 2.44 bits per heavy atom. The summed E-state index contributed by atoms with van der Waals surface area (Å²) in [6, 6.07) is 0. The van der Waals surface area contributed by atoms with E-state index in [0.29, 0.717) is 19.8 Å². The molecule has 0 spiro atoms. The molecule has 1 saturated carbocycles. The average Bonchev–Trinajstić information content (AvgIpc) is 2.40. The smallest absolute Gasteiger partial charge is 0.0805 e. The summed E-state index contributed by atoms with van der Waals surface area (Å²) >= 11 is 0. The molecule has 0 atom stereocenters. The minimum absolute atomic E-state index is 0.0810. The summed E-state index contributed by atoms with van der Waals surface area (Å²) in [7, 11) is 1.71. The van der Waals surface area contributed by atoms with E-state index in [2.05, 4.69) is 6.92 Å². The maximum atomic E-state index is 5.99. The van der Waals surface area contributed by atoms with Crippen LogP contribution in [0.3, 0.4) is 0 Å². The third-order valence-electron chi connectivity index (χ3n) is 3.83. The zero-order valence-electron chi connectivity index (χ0n) is 12.0. The lowest BCUT2D eigenvalue weighted by atomic mass is 9.79. The van der Waals surface area contributed by atoms with Crippen LogP contribution in [-0.4, -0.2) is 45.7 Å². The van der Waals surface area contributed by atoms with Gasteiger partial charge in [-0.05, 0) is 38.0 Å². The molecule has 2 N–H and O–H groups in total. The normalized spacial score (nSPS) is 28.5. The second-order valence-electron chi connectivity index (χ2n) is 5.38. The second kappa shape index (κ2) is 8.86. The van der Waals surface area contributed by atoms with E-state index < -0.39 is 0 Å².